The fraction of sp³-hybridized carbons (Fsp3) is 0.294. The number of aryl methyl sites for hydroxylation is 1. The summed E-state index contributed by atoms with van der Waals surface area (Å²) in [5.74, 6) is 0.421. The first-order valence-electron chi connectivity index (χ1n) is 6.86. The van der Waals surface area contributed by atoms with E-state index in [4.69, 9.17) is 16.3 Å². The van der Waals surface area contributed by atoms with Gasteiger partial charge >= 0.3 is 0 Å². The van der Waals surface area contributed by atoms with Crippen LogP contribution in [0.2, 0.25) is 5.02 Å². The summed E-state index contributed by atoms with van der Waals surface area (Å²) < 4.78 is 19.6. The molecule has 2 nitrogen and oxygen atoms in total. The third kappa shape index (κ3) is 3.96. The molecule has 0 aliphatic rings. The zero-order valence-corrected chi connectivity index (χ0v) is 13.2. The third-order valence-corrected chi connectivity index (χ3v) is 3.70. The summed E-state index contributed by atoms with van der Waals surface area (Å²) in [6.45, 7) is 4.24. The molecule has 0 aliphatic heterocycles. The molecule has 4 heteroatoms. The number of benzene rings is 2. The highest BCUT2D eigenvalue weighted by Crippen LogP contribution is 2.27. The first-order valence-corrected chi connectivity index (χ1v) is 7.23. The molecule has 2 rings (SSSR count). The van der Waals surface area contributed by atoms with Gasteiger partial charge in [0.2, 0.25) is 0 Å². The fourth-order valence-corrected chi connectivity index (χ4v) is 2.23. The van der Waals surface area contributed by atoms with E-state index in [1.54, 1.807) is 12.1 Å². The Morgan fingerprint density at radius 1 is 1.24 bits per heavy atom. The van der Waals surface area contributed by atoms with Crippen LogP contribution in [0.25, 0.3) is 0 Å². The summed E-state index contributed by atoms with van der Waals surface area (Å²) in [5, 5.41) is 3.57. The van der Waals surface area contributed by atoms with Crippen molar-refractivity contribution in [3.63, 3.8) is 0 Å². The number of nitrogens with one attached hydrogen (secondary N) is 1. The molecule has 0 spiro atoms. The fourth-order valence-electron chi connectivity index (χ4n) is 2.07. The van der Waals surface area contributed by atoms with Gasteiger partial charge in [0.05, 0.1) is 0 Å². The highest BCUT2D eigenvalue weighted by Gasteiger charge is 2.11. The molecule has 1 unspecified atom stereocenters. The van der Waals surface area contributed by atoms with Crippen LogP contribution in [0.4, 0.5) is 4.39 Å². The minimum atomic E-state index is -0.349. The van der Waals surface area contributed by atoms with E-state index in [2.05, 4.69) is 12.2 Å². The minimum Gasteiger partial charge on any atom is -0.488 e. The van der Waals surface area contributed by atoms with Gasteiger partial charge in [0.1, 0.15) is 18.2 Å². The van der Waals surface area contributed by atoms with E-state index in [0.717, 1.165) is 16.9 Å². The molecule has 0 amide bonds. The lowest BCUT2D eigenvalue weighted by atomic mass is 10.1. The van der Waals surface area contributed by atoms with Crippen LogP contribution in [-0.2, 0) is 6.61 Å². The van der Waals surface area contributed by atoms with Crippen molar-refractivity contribution in [2.75, 3.05) is 7.05 Å². The lowest BCUT2D eigenvalue weighted by Gasteiger charge is -2.17. The van der Waals surface area contributed by atoms with Crippen LogP contribution in [0, 0.1) is 12.7 Å². The van der Waals surface area contributed by atoms with Gasteiger partial charge in [-0.3, -0.25) is 0 Å². The zero-order valence-electron chi connectivity index (χ0n) is 12.4. The molecule has 0 aliphatic carbocycles. The van der Waals surface area contributed by atoms with Crippen LogP contribution in [-0.4, -0.2) is 7.05 Å². The van der Waals surface area contributed by atoms with E-state index in [0.29, 0.717) is 10.6 Å². The SMILES string of the molecule is CNC(C)c1ccc(C)cc1OCc1ccc(Cl)cc1F. The van der Waals surface area contributed by atoms with Crippen molar-refractivity contribution >= 4 is 11.6 Å². The second-order valence-corrected chi connectivity index (χ2v) is 5.51. The standard InChI is InChI=1S/C17H19ClFNO/c1-11-4-7-15(12(2)20-3)17(8-11)21-10-13-5-6-14(18)9-16(13)19/h4-9,12,20H,10H2,1-3H3. The Bertz CT molecular complexity index is 630. The zero-order chi connectivity index (χ0) is 15.4. The average molecular weight is 308 g/mol. The van der Waals surface area contributed by atoms with Crippen LogP contribution in [0.15, 0.2) is 36.4 Å². The molecule has 0 aromatic heterocycles. The second kappa shape index (κ2) is 6.92. The molecule has 1 N–H and O–H groups in total. The van der Waals surface area contributed by atoms with Crippen molar-refractivity contribution in [2.24, 2.45) is 0 Å². The molecule has 21 heavy (non-hydrogen) atoms. The second-order valence-electron chi connectivity index (χ2n) is 5.08. The highest BCUT2D eigenvalue weighted by atomic mass is 35.5. The van der Waals surface area contributed by atoms with Crippen LogP contribution < -0.4 is 10.1 Å². The predicted octanol–water partition coefficient (Wildman–Crippen LogP) is 4.65. The maximum Gasteiger partial charge on any atom is 0.131 e. The molecule has 2 aromatic carbocycles. The van der Waals surface area contributed by atoms with Crippen LogP contribution in [0.1, 0.15) is 29.7 Å². The average Bonchev–Trinajstić information content (AvgIpc) is 2.45. The van der Waals surface area contributed by atoms with Crippen molar-refractivity contribution < 1.29 is 9.13 Å². The van der Waals surface area contributed by atoms with Gasteiger partial charge in [0.15, 0.2) is 0 Å². The van der Waals surface area contributed by atoms with Gasteiger partial charge in [0.25, 0.3) is 0 Å². The molecule has 0 radical (unpaired) electrons. The van der Waals surface area contributed by atoms with Gasteiger partial charge in [0, 0.05) is 22.2 Å². The third-order valence-electron chi connectivity index (χ3n) is 3.47. The number of rotatable bonds is 5. The van der Waals surface area contributed by atoms with Crippen LogP contribution >= 0.6 is 11.6 Å². The monoisotopic (exact) mass is 307 g/mol. The van der Waals surface area contributed by atoms with E-state index in [-0.39, 0.29) is 18.5 Å². The maximum absolute atomic E-state index is 13.8. The Balaban J connectivity index is 2.21. The van der Waals surface area contributed by atoms with Crippen molar-refractivity contribution in [1.82, 2.24) is 5.32 Å². The summed E-state index contributed by atoms with van der Waals surface area (Å²) >= 11 is 5.75. The normalized spacial score (nSPS) is 12.2. The van der Waals surface area contributed by atoms with Gasteiger partial charge in [-0.15, -0.1) is 0 Å². The Kier molecular flexibility index (Phi) is 5.21. The van der Waals surface area contributed by atoms with Gasteiger partial charge in [-0.25, -0.2) is 4.39 Å². The van der Waals surface area contributed by atoms with E-state index < -0.39 is 0 Å². The van der Waals surface area contributed by atoms with Crippen LogP contribution in [0.3, 0.4) is 0 Å². The number of hydrogen-bond acceptors (Lipinski definition) is 2. The first-order chi connectivity index (χ1) is 10.0. The van der Waals surface area contributed by atoms with Crippen LogP contribution in [0.5, 0.6) is 5.75 Å². The molecular formula is C17H19ClFNO. The van der Waals surface area contributed by atoms with E-state index in [1.165, 1.54) is 6.07 Å². The summed E-state index contributed by atoms with van der Waals surface area (Å²) in [7, 11) is 1.90. The highest BCUT2D eigenvalue weighted by molar-refractivity contribution is 6.30. The summed E-state index contributed by atoms with van der Waals surface area (Å²) in [6, 6.07) is 10.8. The quantitative estimate of drug-likeness (QED) is 0.868. The smallest absolute Gasteiger partial charge is 0.131 e. The van der Waals surface area contributed by atoms with Crippen molar-refractivity contribution in [1.29, 1.82) is 0 Å². The summed E-state index contributed by atoms with van der Waals surface area (Å²) in [5.41, 5.74) is 2.65. The van der Waals surface area contributed by atoms with Crippen molar-refractivity contribution in [3.8, 4) is 5.75 Å². The molecule has 0 heterocycles. The molecule has 0 saturated heterocycles. The van der Waals surface area contributed by atoms with Crippen molar-refractivity contribution in [3.05, 3.63) is 63.9 Å². The molecule has 112 valence electrons. The number of hydrogen-bond donors (Lipinski definition) is 1. The topological polar surface area (TPSA) is 21.3 Å². The Hall–Kier alpha value is -1.58. The van der Waals surface area contributed by atoms with Gasteiger partial charge in [-0.2, -0.15) is 0 Å². The molecule has 0 fully saturated rings. The largest absolute Gasteiger partial charge is 0.488 e. The Morgan fingerprint density at radius 3 is 2.67 bits per heavy atom. The van der Waals surface area contributed by atoms with E-state index >= 15 is 0 Å². The summed E-state index contributed by atoms with van der Waals surface area (Å²) in [6.07, 6.45) is 0. The first kappa shape index (κ1) is 15.8. The Labute approximate surface area is 129 Å². The van der Waals surface area contributed by atoms with Gasteiger partial charge in [-0.05, 0) is 44.7 Å². The molecule has 2 aromatic rings. The van der Waals surface area contributed by atoms with E-state index in [9.17, 15) is 4.39 Å². The van der Waals surface area contributed by atoms with Crippen molar-refractivity contribution in [2.45, 2.75) is 26.5 Å². The van der Waals surface area contributed by atoms with E-state index in [1.807, 2.05) is 32.2 Å². The van der Waals surface area contributed by atoms with Gasteiger partial charge < -0.3 is 10.1 Å². The summed E-state index contributed by atoms with van der Waals surface area (Å²) in [4.78, 5) is 0. The van der Waals surface area contributed by atoms with Gasteiger partial charge in [-0.1, -0.05) is 29.8 Å². The molecule has 1 atom stereocenters. The maximum atomic E-state index is 13.8. The minimum absolute atomic E-state index is 0.163. The molecule has 0 saturated carbocycles. The lowest BCUT2D eigenvalue weighted by molar-refractivity contribution is 0.294. The number of ether oxygens (including phenoxy) is 1. The lowest BCUT2D eigenvalue weighted by Crippen LogP contribution is -2.14. The molecule has 0 bridgehead atoms. The predicted molar refractivity (Wildman–Crippen MR) is 84.4 cm³/mol. The number of halogens is 2. The molecular weight excluding hydrogens is 289 g/mol. The Morgan fingerprint density at radius 2 is 2.00 bits per heavy atom.